The summed E-state index contributed by atoms with van der Waals surface area (Å²) in [6, 6.07) is 0. The summed E-state index contributed by atoms with van der Waals surface area (Å²) in [5.41, 5.74) is 0. The van der Waals surface area contributed by atoms with Crippen molar-refractivity contribution in [3.63, 3.8) is 0 Å². The van der Waals surface area contributed by atoms with Gasteiger partial charge in [-0.3, -0.25) is 4.79 Å². The first-order valence-corrected chi connectivity index (χ1v) is 4.62. The summed E-state index contributed by atoms with van der Waals surface area (Å²) in [6.07, 6.45) is 1.66. The van der Waals surface area contributed by atoms with Gasteiger partial charge in [-0.15, -0.1) is 0 Å². The first kappa shape index (κ1) is 11.4. The predicted molar refractivity (Wildman–Crippen MR) is 49.0 cm³/mol. The van der Waals surface area contributed by atoms with Crippen LogP contribution in [0, 0.1) is 0 Å². The van der Waals surface area contributed by atoms with Crippen LogP contribution in [0.15, 0.2) is 0 Å². The Bertz CT molecular complexity index is 126. The Kier molecular flexibility index (Phi) is 6.76. The fourth-order valence-electron chi connectivity index (χ4n) is 0.909. The van der Waals surface area contributed by atoms with E-state index in [1.165, 1.54) is 0 Å². The molecule has 0 bridgehead atoms. The quantitative estimate of drug-likeness (QED) is 0.658. The summed E-state index contributed by atoms with van der Waals surface area (Å²) in [6.45, 7) is 7.21. The van der Waals surface area contributed by atoms with Crippen molar-refractivity contribution >= 4 is 5.91 Å². The summed E-state index contributed by atoms with van der Waals surface area (Å²) in [5, 5.41) is 2.80. The van der Waals surface area contributed by atoms with Crippen LogP contribution in [0.5, 0.6) is 0 Å². The Morgan fingerprint density at radius 3 is 2.50 bits per heavy atom. The Morgan fingerprint density at radius 1 is 1.42 bits per heavy atom. The number of rotatable bonds is 6. The van der Waals surface area contributed by atoms with Crippen LogP contribution in [-0.2, 0) is 9.53 Å². The van der Waals surface area contributed by atoms with Gasteiger partial charge in [0.15, 0.2) is 0 Å². The Labute approximate surface area is 74.5 Å². The lowest BCUT2D eigenvalue weighted by atomic mass is 10.2. The van der Waals surface area contributed by atoms with E-state index < -0.39 is 0 Å². The zero-order valence-corrected chi connectivity index (χ0v) is 8.22. The van der Waals surface area contributed by atoms with E-state index in [1.807, 2.05) is 13.8 Å². The fourth-order valence-corrected chi connectivity index (χ4v) is 0.909. The molecule has 0 saturated carbocycles. The largest absolute Gasteiger partial charge is 0.377 e. The van der Waals surface area contributed by atoms with E-state index in [9.17, 15) is 4.79 Å². The average Bonchev–Trinajstić information content (AvgIpc) is 2.11. The summed E-state index contributed by atoms with van der Waals surface area (Å²) < 4.78 is 5.37. The summed E-state index contributed by atoms with van der Waals surface area (Å²) in [4.78, 5) is 10.9. The third-order valence-electron chi connectivity index (χ3n) is 1.71. The number of carbonyl (C=O) groups is 1. The highest BCUT2D eigenvalue weighted by Crippen LogP contribution is 1.95. The van der Waals surface area contributed by atoms with Crippen molar-refractivity contribution in [3.05, 3.63) is 0 Å². The molecule has 3 nitrogen and oxygen atoms in total. The van der Waals surface area contributed by atoms with Gasteiger partial charge in [0.1, 0.15) is 0 Å². The topological polar surface area (TPSA) is 38.3 Å². The predicted octanol–water partition coefficient (Wildman–Crippen LogP) is 1.33. The van der Waals surface area contributed by atoms with Crippen LogP contribution in [0.2, 0.25) is 0 Å². The van der Waals surface area contributed by atoms with Gasteiger partial charge in [-0.2, -0.15) is 0 Å². The molecular formula is C9H19NO2. The number of hydrogen-bond acceptors (Lipinski definition) is 2. The maximum atomic E-state index is 10.9. The van der Waals surface area contributed by atoms with Crippen LogP contribution < -0.4 is 5.32 Å². The molecule has 0 rings (SSSR count). The molecule has 0 aliphatic heterocycles. The normalized spacial score (nSPS) is 12.6. The molecule has 72 valence electrons. The molecule has 0 aliphatic rings. The van der Waals surface area contributed by atoms with Gasteiger partial charge < -0.3 is 10.1 Å². The third kappa shape index (κ3) is 5.13. The highest BCUT2D eigenvalue weighted by atomic mass is 16.5. The minimum absolute atomic E-state index is 0.0909. The Hall–Kier alpha value is -0.570. The standard InChI is InChI=1S/C9H19NO2/c1-4-8(12-6-3)7-10-9(11)5-2/h8H,4-7H2,1-3H3,(H,10,11)/t8-/m1/s1. The van der Waals surface area contributed by atoms with Gasteiger partial charge in [0.2, 0.25) is 5.91 Å². The van der Waals surface area contributed by atoms with Crippen LogP contribution >= 0.6 is 0 Å². The van der Waals surface area contributed by atoms with Gasteiger partial charge in [-0.1, -0.05) is 13.8 Å². The molecule has 3 heteroatoms. The van der Waals surface area contributed by atoms with Gasteiger partial charge in [0.05, 0.1) is 6.10 Å². The second-order valence-corrected chi connectivity index (χ2v) is 2.64. The number of carbonyl (C=O) groups excluding carboxylic acids is 1. The lowest BCUT2D eigenvalue weighted by molar-refractivity contribution is -0.121. The lowest BCUT2D eigenvalue weighted by Gasteiger charge is -2.14. The molecule has 0 heterocycles. The number of hydrogen-bond donors (Lipinski definition) is 1. The van der Waals surface area contributed by atoms with Crippen LogP contribution in [0.3, 0.4) is 0 Å². The van der Waals surface area contributed by atoms with Crippen LogP contribution in [0.25, 0.3) is 0 Å². The molecule has 0 fully saturated rings. The Balaban J connectivity index is 3.50. The maximum Gasteiger partial charge on any atom is 0.219 e. The molecule has 0 aliphatic carbocycles. The highest BCUT2D eigenvalue weighted by Gasteiger charge is 2.05. The highest BCUT2D eigenvalue weighted by molar-refractivity contribution is 5.75. The number of amides is 1. The molecule has 1 atom stereocenters. The summed E-state index contributed by atoms with van der Waals surface area (Å²) in [7, 11) is 0. The van der Waals surface area contributed by atoms with E-state index in [0.29, 0.717) is 19.6 Å². The molecule has 0 unspecified atom stereocenters. The average molecular weight is 173 g/mol. The maximum absolute atomic E-state index is 10.9. The third-order valence-corrected chi connectivity index (χ3v) is 1.71. The van der Waals surface area contributed by atoms with Gasteiger partial charge in [0, 0.05) is 19.6 Å². The molecule has 12 heavy (non-hydrogen) atoms. The molecule has 0 saturated heterocycles. The van der Waals surface area contributed by atoms with Gasteiger partial charge in [-0.05, 0) is 13.3 Å². The fraction of sp³-hybridized carbons (Fsp3) is 0.889. The van der Waals surface area contributed by atoms with E-state index in [-0.39, 0.29) is 12.0 Å². The van der Waals surface area contributed by atoms with E-state index in [4.69, 9.17) is 4.74 Å². The number of nitrogens with one attached hydrogen (secondary N) is 1. The molecule has 1 N–H and O–H groups in total. The molecule has 0 spiro atoms. The second kappa shape index (κ2) is 7.10. The first-order valence-electron chi connectivity index (χ1n) is 4.62. The van der Waals surface area contributed by atoms with Crippen molar-refractivity contribution in [1.29, 1.82) is 0 Å². The Morgan fingerprint density at radius 2 is 2.08 bits per heavy atom. The molecule has 0 aromatic carbocycles. The van der Waals surface area contributed by atoms with Crippen molar-refractivity contribution in [2.45, 2.75) is 39.7 Å². The van der Waals surface area contributed by atoms with Crippen molar-refractivity contribution in [3.8, 4) is 0 Å². The van der Waals surface area contributed by atoms with Crippen molar-refractivity contribution < 1.29 is 9.53 Å². The zero-order chi connectivity index (χ0) is 9.40. The molecular weight excluding hydrogens is 154 g/mol. The number of ether oxygens (including phenoxy) is 1. The minimum atomic E-state index is 0.0909. The smallest absolute Gasteiger partial charge is 0.219 e. The summed E-state index contributed by atoms with van der Waals surface area (Å²) in [5.74, 6) is 0.0909. The van der Waals surface area contributed by atoms with Crippen molar-refractivity contribution in [2.24, 2.45) is 0 Å². The molecule has 0 aromatic heterocycles. The van der Waals surface area contributed by atoms with E-state index in [0.717, 1.165) is 6.42 Å². The summed E-state index contributed by atoms with van der Waals surface area (Å²) >= 11 is 0. The second-order valence-electron chi connectivity index (χ2n) is 2.64. The van der Waals surface area contributed by atoms with Gasteiger partial charge in [0.25, 0.3) is 0 Å². The van der Waals surface area contributed by atoms with Gasteiger partial charge >= 0.3 is 0 Å². The zero-order valence-electron chi connectivity index (χ0n) is 8.22. The first-order chi connectivity index (χ1) is 5.74. The van der Waals surface area contributed by atoms with Crippen molar-refractivity contribution in [2.75, 3.05) is 13.2 Å². The SMILES string of the molecule is CCO[C@H](CC)CNC(=O)CC. The van der Waals surface area contributed by atoms with E-state index in [1.54, 1.807) is 0 Å². The van der Waals surface area contributed by atoms with Crippen LogP contribution in [-0.4, -0.2) is 25.2 Å². The van der Waals surface area contributed by atoms with E-state index >= 15 is 0 Å². The monoisotopic (exact) mass is 173 g/mol. The van der Waals surface area contributed by atoms with Crippen LogP contribution in [0.4, 0.5) is 0 Å². The molecule has 1 amide bonds. The minimum Gasteiger partial charge on any atom is -0.377 e. The van der Waals surface area contributed by atoms with E-state index in [2.05, 4.69) is 12.2 Å². The van der Waals surface area contributed by atoms with Crippen molar-refractivity contribution in [1.82, 2.24) is 5.32 Å². The lowest BCUT2D eigenvalue weighted by Crippen LogP contribution is -2.32. The molecule has 0 aromatic rings. The molecule has 0 radical (unpaired) electrons. The van der Waals surface area contributed by atoms with Crippen LogP contribution in [0.1, 0.15) is 33.6 Å². The van der Waals surface area contributed by atoms with Gasteiger partial charge in [-0.25, -0.2) is 0 Å².